The summed E-state index contributed by atoms with van der Waals surface area (Å²) >= 11 is 2.99. The number of carbonyl (C=O) groups excluding carboxylic acids is 3. The van der Waals surface area contributed by atoms with Crippen LogP contribution in [0.5, 0.6) is 0 Å². The monoisotopic (exact) mass is 442 g/mol. The summed E-state index contributed by atoms with van der Waals surface area (Å²) in [6.45, 7) is -0.452. The van der Waals surface area contributed by atoms with E-state index in [9.17, 15) is 14.4 Å². The number of anilines is 1. The number of benzene rings is 2. The minimum atomic E-state index is -0.588. The second-order valence-corrected chi connectivity index (χ2v) is 7.70. The molecular formula is C21H18N2O5S2. The van der Waals surface area contributed by atoms with E-state index >= 15 is 0 Å². The van der Waals surface area contributed by atoms with E-state index in [1.165, 1.54) is 36.3 Å². The van der Waals surface area contributed by atoms with Gasteiger partial charge in [0.25, 0.3) is 5.91 Å². The van der Waals surface area contributed by atoms with Crippen LogP contribution in [0, 0.1) is 0 Å². The Kier molecular flexibility index (Phi) is 7.58. The normalized spacial score (nSPS) is 10.3. The van der Waals surface area contributed by atoms with Gasteiger partial charge in [0.1, 0.15) is 0 Å². The molecular weight excluding hydrogens is 424 g/mol. The number of nitrogens with zero attached hydrogens (tertiary/aromatic N) is 1. The van der Waals surface area contributed by atoms with Gasteiger partial charge in [-0.3, -0.25) is 4.79 Å². The second kappa shape index (κ2) is 10.6. The number of nitrogens with one attached hydrogen (secondary N) is 1. The van der Waals surface area contributed by atoms with Crippen LogP contribution < -0.4 is 5.32 Å². The van der Waals surface area contributed by atoms with E-state index in [1.807, 2.05) is 17.5 Å². The van der Waals surface area contributed by atoms with Crippen LogP contribution in [0.15, 0.2) is 64.3 Å². The number of carbonyl (C=O) groups is 3. The van der Waals surface area contributed by atoms with Crippen molar-refractivity contribution in [1.82, 2.24) is 4.98 Å². The fraction of sp³-hybridized carbons (Fsp3) is 0.143. The van der Waals surface area contributed by atoms with Crippen molar-refractivity contribution in [2.75, 3.05) is 19.0 Å². The van der Waals surface area contributed by atoms with Gasteiger partial charge in [-0.1, -0.05) is 18.2 Å². The van der Waals surface area contributed by atoms with Crippen molar-refractivity contribution in [3.05, 3.63) is 76.2 Å². The molecule has 0 bridgehead atoms. The van der Waals surface area contributed by atoms with Crippen LogP contribution >= 0.6 is 23.1 Å². The fourth-order valence-electron chi connectivity index (χ4n) is 2.47. The van der Waals surface area contributed by atoms with Gasteiger partial charge in [0.2, 0.25) is 0 Å². The average Bonchev–Trinajstić information content (AvgIpc) is 3.29. The quantitative estimate of drug-likeness (QED) is 0.416. The van der Waals surface area contributed by atoms with Crippen LogP contribution in [-0.4, -0.2) is 36.5 Å². The second-order valence-electron chi connectivity index (χ2n) is 5.96. The summed E-state index contributed by atoms with van der Waals surface area (Å²) in [5.74, 6) is -0.984. The van der Waals surface area contributed by atoms with Gasteiger partial charge in [0.05, 0.1) is 29.4 Å². The molecule has 7 nitrogen and oxygen atoms in total. The van der Waals surface area contributed by atoms with Crippen molar-refractivity contribution in [2.45, 2.75) is 10.6 Å². The zero-order valence-corrected chi connectivity index (χ0v) is 17.6. The smallest absolute Gasteiger partial charge is 0.339 e. The van der Waals surface area contributed by atoms with E-state index in [1.54, 1.807) is 35.8 Å². The number of ether oxygens (including phenoxy) is 2. The van der Waals surface area contributed by atoms with Gasteiger partial charge < -0.3 is 14.8 Å². The number of thioether (sulfide) groups is 1. The van der Waals surface area contributed by atoms with Gasteiger partial charge in [-0.25, -0.2) is 14.6 Å². The predicted molar refractivity (Wildman–Crippen MR) is 115 cm³/mol. The molecule has 0 unspecified atom stereocenters. The molecule has 2 aromatic carbocycles. The molecule has 30 heavy (non-hydrogen) atoms. The average molecular weight is 443 g/mol. The number of methoxy groups -OCH3 is 1. The Hall–Kier alpha value is -3.17. The standard InChI is InChI=1S/C21H18N2O5S2/c1-27-20(25)14-5-4-6-15(9-14)23-19(24)10-28-21(26)17-7-2-3-8-18(17)30-12-16-11-29-13-22-16/h2-9,11,13H,10,12H2,1H3,(H,23,24). The molecule has 0 aliphatic heterocycles. The molecule has 0 spiro atoms. The van der Waals surface area contributed by atoms with Crippen molar-refractivity contribution in [3.8, 4) is 0 Å². The van der Waals surface area contributed by atoms with Crippen LogP contribution in [-0.2, 0) is 20.0 Å². The lowest BCUT2D eigenvalue weighted by Crippen LogP contribution is -2.21. The number of aromatic nitrogens is 1. The van der Waals surface area contributed by atoms with Crippen molar-refractivity contribution < 1.29 is 23.9 Å². The molecule has 1 heterocycles. The Labute approximate surface area is 181 Å². The molecule has 0 saturated heterocycles. The zero-order chi connectivity index (χ0) is 21.3. The van der Waals surface area contributed by atoms with Gasteiger partial charge in [-0.05, 0) is 30.3 Å². The van der Waals surface area contributed by atoms with Crippen molar-refractivity contribution in [1.29, 1.82) is 0 Å². The van der Waals surface area contributed by atoms with Gasteiger partial charge >= 0.3 is 11.9 Å². The molecule has 0 aliphatic carbocycles. The Morgan fingerprint density at radius 3 is 2.70 bits per heavy atom. The minimum absolute atomic E-state index is 0.304. The summed E-state index contributed by atoms with van der Waals surface area (Å²) in [5.41, 5.74) is 3.78. The number of hydrogen-bond acceptors (Lipinski definition) is 8. The number of esters is 2. The van der Waals surface area contributed by atoms with E-state index in [2.05, 4.69) is 15.0 Å². The lowest BCUT2D eigenvalue weighted by molar-refractivity contribution is -0.119. The van der Waals surface area contributed by atoms with Crippen LogP contribution in [0.3, 0.4) is 0 Å². The molecule has 3 rings (SSSR count). The van der Waals surface area contributed by atoms with E-state index in [0.29, 0.717) is 22.6 Å². The molecule has 0 saturated carbocycles. The summed E-state index contributed by atoms with van der Waals surface area (Å²) in [5, 5.41) is 4.54. The first-order chi connectivity index (χ1) is 14.6. The number of rotatable bonds is 8. The third-order valence-corrected chi connectivity index (χ3v) is 5.61. The van der Waals surface area contributed by atoms with E-state index < -0.39 is 24.5 Å². The van der Waals surface area contributed by atoms with Crippen LogP contribution in [0.4, 0.5) is 5.69 Å². The van der Waals surface area contributed by atoms with Gasteiger partial charge in [0.15, 0.2) is 6.61 Å². The lowest BCUT2D eigenvalue weighted by atomic mass is 10.2. The highest BCUT2D eigenvalue weighted by Gasteiger charge is 2.15. The largest absolute Gasteiger partial charge is 0.465 e. The SMILES string of the molecule is COC(=O)c1cccc(NC(=O)COC(=O)c2ccccc2SCc2cscn2)c1. The maximum atomic E-state index is 12.5. The third kappa shape index (κ3) is 5.91. The third-order valence-electron chi connectivity index (χ3n) is 3.87. The first-order valence-electron chi connectivity index (χ1n) is 8.81. The minimum Gasteiger partial charge on any atom is -0.465 e. The van der Waals surface area contributed by atoms with Crippen LogP contribution in [0.25, 0.3) is 0 Å². The molecule has 9 heteroatoms. The topological polar surface area (TPSA) is 94.6 Å². The van der Waals surface area contributed by atoms with Crippen molar-refractivity contribution in [2.24, 2.45) is 0 Å². The molecule has 0 atom stereocenters. The Morgan fingerprint density at radius 1 is 1.10 bits per heavy atom. The van der Waals surface area contributed by atoms with Gasteiger partial charge in [-0.2, -0.15) is 0 Å². The zero-order valence-electron chi connectivity index (χ0n) is 16.0. The van der Waals surface area contributed by atoms with Crippen molar-refractivity contribution >= 4 is 46.6 Å². The first-order valence-corrected chi connectivity index (χ1v) is 10.7. The van der Waals surface area contributed by atoms with Crippen LogP contribution in [0.1, 0.15) is 26.4 Å². The van der Waals surface area contributed by atoms with Gasteiger partial charge in [0, 0.05) is 21.7 Å². The molecule has 1 amide bonds. The van der Waals surface area contributed by atoms with Gasteiger partial charge in [-0.15, -0.1) is 23.1 Å². The van der Waals surface area contributed by atoms with E-state index in [-0.39, 0.29) is 0 Å². The molecule has 3 aromatic rings. The maximum absolute atomic E-state index is 12.5. The van der Waals surface area contributed by atoms with Crippen LogP contribution in [0.2, 0.25) is 0 Å². The summed E-state index contributed by atoms with van der Waals surface area (Å²) in [6, 6.07) is 13.3. The number of hydrogen-bond donors (Lipinski definition) is 1. The van der Waals surface area contributed by atoms with E-state index in [4.69, 9.17) is 4.74 Å². The van der Waals surface area contributed by atoms with Crippen molar-refractivity contribution in [3.63, 3.8) is 0 Å². The summed E-state index contributed by atoms with van der Waals surface area (Å²) in [4.78, 5) is 41.2. The van der Waals surface area contributed by atoms with E-state index in [0.717, 1.165) is 10.6 Å². The molecule has 0 radical (unpaired) electrons. The molecule has 1 aromatic heterocycles. The Morgan fingerprint density at radius 2 is 1.93 bits per heavy atom. The highest BCUT2D eigenvalue weighted by atomic mass is 32.2. The maximum Gasteiger partial charge on any atom is 0.339 e. The Bertz CT molecular complexity index is 1040. The highest BCUT2D eigenvalue weighted by Crippen LogP contribution is 2.26. The summed E-state index contributed by atoms with van der Waals surface area (Å²) in [7, 11) is 1.28. The summed E-state index contributed by atoms with van der Waals surface area (Å²) < 4.78 is 9.82. The lowest BCUT2D eigenvalue weighted by Gasteiger charge is -2.10. The number of thiazole rings is 1. The molecule has 1 N–H and O–H groups in total. The molecule has 0 aliphatic rings. The molecule has 154 valence electrons. The highest BCUT2D eigenvalue weighted by molar-refractivity contribution is 7.98. The fourth-order valence-corrected chi connectivity index (χ4v) is 4.08. The first kappa shape index (κ1) is 21.5. The molecule has 0 fully saturated rings. The Balaban J connectivity index is 1.56. The summed E-state index contributed by atoms with van der Waals surface area (Å²) in [6.07, 6.45) is 0. The number of amides is 1. The predicted octanol–water partition coefficient (Wildman–Crippen LogP) is 4.02.